The molecule has 1 aliphatic rings. The van der Waals surface area contributed by atoms with Gasteiger partial charge in [-0.3, -0.25) is 14.9 Å². The monoisotopic (exact) mass is 283 g/mol. The predicted molar refractivity (Wildman–Crippen MR) is 68.6 cm³/mol. The minimum Gasteiger partial charge on any atom is -0.396 e. The SMILES string of the molecule is Nc1c(C(=O)N2CCC(CO)C2)cc(F)cc1[N+](=O)[O-]. The number of halogens is 1. The first-order chi connectivity index (χ1) is 9.43. The van der Waals surface area contributed by atoms with Gasteiger partial charge in [-0.2, -0.15) is 0 Å². The zero-order valence-electron chi connectivity index (χ0n) is 10.6. The molecule has 0 bridgehead atoms. The Balaban J connectivity index is 2.33. The second-order valence-corrected chi connectivity index (χ2v) is 4.73. The van der Waals surface area contributed by atoms with Gasteiger partial charge < -0.3 is 15.7 Å². The average Bonchev–Trinajstić information content (AvgIpc) is 2.88. The molecule has 1 fully saturated rings. The van der Waals surface area contributed by atoms with E-state index in [9.17, 15) is 19.3 Å². The molecule has 0 spiro atoms. The van der Waals surface area contributed by atoms with Crippen molar-refractivity contribution in [1.82, 2.24) is 4.90 Å². The third kappa shape index (κ3) is 2.55. The van der Waals surface area contributed by atoms with Gasteiger partial charge in [-0.1, -0.05) is 0 Å². The van der Waals surface area contributed by atoms with Crippen LogP contribution in [0, 0.1) is 21.8 Å². The lowest BCUT2D eigenvalue weighted by atomic mass is 10.1. The van der Waals surface area contributed by atoms with Gasteiger partial charge >= 0.3 is 0 Å². The Morgan fingerprint density at radius 2 is 2.30 bits per heavy atom. The zero-order valence-corrected chi connectivity index (χ0v) is 10.6. The van der Waals surface area contributed by atoms with E-state index in [0.717, 1.165) is 6.07 Å². The molecule has 7 nitrogen and oxygen atoms in total. The normalized spacial score (nSPS) is 18.3. The van der Waals surface area contributed by atoms with E-state index in [1.807, 2.05) is 0 Å². The first kappa shape index (κ1) is 14.2. The second kappa shape index (κ2) is 5.41. The summed E-state index contributed by atoms with van der Waals surface area (Å²) in [6.45, 7) is 0.704. The van der Waals surface area contributed by atoms with E-state index in [0.29, 0.717) is 25.6 Å². The van der Waals surface area contributed by atoms with E-state index in [2.05, 4.69) is 0 Å². The molecule has 1 heterocycles. The van der Waals surface area contributed by atoms with Crippen LogP contribution in [0.2, 0.25) is 0 Å². The van der Waals surface area contributed by atoms with Crippen molar-refractivity contribution >= 4 is 17.3 Å². The third-order valence-corrected chi connectivity index (χ3v) is 3.38. The molecule has 108 valence electrons. The Hall–Kier alpha value is -2.22. The Kier molecular flexibility index (Phi) is 3.84. The Morgan fingerprint density at radius 3 is 2.85 bits per heavy atom. The Morgan fingerprint density at radius 1 is 1.60 bits per heavy atom. The quantitative estimate of drug-likeness (QED) is 0.483. The number of nitro groups is 1. The number of rotatable bonds is 3. The van der Waals surface area contributed by atoms with Crippen LogP contribution in [0.25, 0.3) is 0 Å². The summed E-state index contributed by atoms with van der Waals surface area (Å²) in [5.41, 5.74) is 4.41. The third-order valence-electron chi connectivity index (χ3n) is 3.38. The number of nitrogen functional groups attached to an aromatic ring is 1. The fourth-order valence-electron chi connectivity index (χ4n) is 2.27. The molecular weight excluding hydrogens is 269 g/mol. The number of hydrogen-bond acceptors (Lipinski definition) is 5. The number of aliphatic hydroxyl groups excluding tert-OH is 1. The van der Waals surface area contributed by atoms with Gasteiger partial charge in [0.1, 0.15) is 11.5 Å². The molecule has 1 aromatic rings. The number of benzene rings is 1. The number of amides is 1. The van der Waals surface area contributed by atoms with E-state index in [1.165, 1.54) is 4.90 Å². The highest BCUT2D eigenvalue weighted by Crippen LogP contribution is 2.29. The molecule has 1 aliphatic heterocycles. The molecule has 1 aromatic carbocycles. The lowest BCUT2D eigenvalue weighted by molar-refractivity contribution is -0.384. The van der Waals surface area contributed by atoms with E-state index in [-0.39, 0.29) is 23.8 Å². The number of nitrogens with two attached hydrogens (primary N) is 1. The maximum atomic E-state index is 13.4. The Labute approximate surface area is 113 Å². The molecule has 0 saturated carbocycles. The lowest BCUT2D eigenvalue weighted by Gasteiger charge is -2.17. The van der Waals surface area contributed by atoms with Crippen molar-refractivity contribution in [3.63, 3.8) is 0 Å². The van der Waals surface area contributed by atoms with Crippen LogP contribution in [0.15, 0.2) is 12.1 Å². The van der Waals surface area contributed by atoms with Crippen LogP contribution >= 0.6 is 0 Å². The molecule has 1 atom stereocenters. The van der Waals surface area contributed by atoms with Crippen molar-refractivity contribution in [3.8, 4) is 0 Å². The van der Waals surface area contributed by atoms with Crippen molar-refractivity contribution in [1.29, 1.82) is 0 Å². The molecule has 2 rings (SSSR count). The number of aliphatic hydroxyl groups is 1. The van der Waals surface area contributed by atoms with Gasteiger partial charge in [0.05, 0.1) is 16.6 Å². The summed E-state index contributed by atoms with van der Waals surface area (Å²) in [5, 5.41) is 19.8. The first-order valence-corrected chi connectivity index (χ1v) is 6.07. The van der Waals surface area contributed by atoms with Gasteiger partial charge in [-0.15, -0.1) is 0 Å². The average molecular weight is 283 g/mol. The molecule has 0 aliphatic carbocycles. The molecule has 1 unspecified atom stereocenters. The summed E-state index contributed by atoms with van der Waals surface area (Å²) in [6.07, 6.45) is 0.638. The van der Waals surface area contributed by atoms with Crippen LogP contribution in [-0.2, 0) is 0 Å². The second-order valence-electron chi connectivity index (χ2n) is 4.73. The summed E-state index contributed by atoms with van der Waals surface area (Å²) in [4.78, 5) is 23.6. The number of nitrogens with zero attached hydrogens (tertiary/aromatic N) is 2. The Bertz CT molecular complexity index is 564. The van der Waals surface area contributed by atoms with Gasteiger partial charge in [-0.25, -0.2) is 4.39 Å². The molecule has 3 N–H and O–H groups in total. The topological polar surface area (TPSA) is 110 Å². The number of carbonyl (C=O) groups excluding carboxylic acids is 1. The van der Waals surface area contributed by atoms with Crippen LogP contribution in [0.3, 0.4) is 0 Å². The van der Waals surface area contributed by atoms with Crippen LogP contribution < -0.4 is 5.73 Å². The van der Waals surface area contributed by atoms with Gasteiger partial charge in [0.2, 0.25) is 0 Å². The molecule has 0 radical (unpaired) electrons. The molecule has 20 heavy (non-hydrogen) atoms. The van der Waals surface area contributed by atoms with Crippen molar-refractivity contribution < 1.29 is 19.2 Å². The minimum atomic E-state index is -0.882. The highest BCUT2D eigenvalue weighted by Gasteiger charge is 2.30. The molecule has 1 amide bonds. The van der Waals surface area contributed by atoms with Crippen LogP contribution in [0.4, 0.5) is 15.8 Å². The summed E-state index contributed by atoms with van der Waals surface area (Å²) < 4.78 is 13.4. The summed E-state index contributed by atoms with van der Waals surface area (Å²) in [5.74, 6) is -1.46. The summed E-state index contributed by atoms with van der Waals surface area (Å²) >= 11 is 0. The molecule has 8 heteroatoms. The van der Waals surface area contributed by atoms with Gasteiger partial charge in [0.25, 0.3) is 11.6 Å². The van der Waals surface area contributed by atoms with Crippen LogP contribution in [0.5, 0.6) is 0 Å². The highest BCUT2D eigenvalue weighted by atomic mass is 19.1. The lowest BCUT2D eigenvalue weighted by Crippen LogP contribution is -2.30. The smallest absolute Gasteiger partial charge is 0.295 e. The highest BCUT2D eigenvalue weighted by molar-refractivity contribution is 6.01. The zero-order chi connectivity index (χ0) is 14.9. The van der Waals surface area contributed by atoms with E-state index in [1.54, 1.807) is 0 Å². The fraction of sp³-hybridized carbons (Fsp3) is 0.417. The van der Waals surface area contributed by atoms with Crippen LogP contribution in [-0.4, -0.2) is 40.5 Å². The molecule has 1 saturated heterocycles. The number of carbonyl (C=O) groups is 1. The maximum Gasteiger partial charge on any atom is 0.295 e. The summed E-state index contributed by atoms with van der Waals surface area (Å²) in [7, 11) is 0. The van der Waals surface area contributed by atoms with Crippen molar-refractivity contribution in [3.05, 3.63) is 33.6 Å². The number of hydrogen-bond donors (Lipinski definition) is 2. The van der Waals surface area contributed by atoms with Crippen LogP contribution in [0.1, 0.15) is 16.8 Å². The first-order valence-electron chi connectivity index (χ1n) is 6.07. The predicted octanol–water partition coefficient (Wildman–Crippen LogP) is 0.770. The van der Waals surface area contributed by atoms with E-state index in [4.69, 9.17) is 10.8 Å². The molecular formula is C12H14FN3O4. The number of nitro benzene ring substituents is 1. The van der Waals surface area contributed by atoms with Gasteiger partial charge in [0, 0.05) is 25.6 Å². The largest absolute Gasteiger partial charge is 0.396 e. The number of likely N-dealkylation sites (tertiary alicyclic amines) is 1. The fourth-order valence-corrected chi connectivity index (χ4v) is 2.27. The van der Waals surface area contributed by atoms with Gasteiger partial charge in [0.15, 0.2) is 0 Å². The molecule has 0 aromatic heterocycles. The van der Waals surface area contributed by atoms with Crippen molar-refractivity contribution in [2.45, 2.75) is 6.42 Å². The van der Waals surface area contributed by atoms with Crippen molar-refractivity contribution in [2.24, 2.45) is 5.92 Å². The van der Waals surface area contributed by atoms with Crippen molar-refractivity contribution in [2.75, 3.05) is 25.4 Å². The summed E-state index contributed by atoms with van der Waals surface area (Å²) in [6, 6.07) is 1.59. The van der Waals surface area contributed by atoms with E-state index < -0.39 is 22.3 Å². The van der Waals surface area contributed by atoms with Gasteiger partial charge in [-0.05, 0) is 12.5 Å². The maximum absolute atomic E-state index is 13.4. The number of anilines is 1. The van der Waals surface area contributed by atoms with E-state index >= 15 is 0 Å². The standard InChI is InChI=1S/C12H14FN3O4/c13-8-3-9(11(14)10(4-8)16(19)20)12(18)15-2-1-7(5-15)6-17/h3-4,7,17H,1-2,5-6,14H2. The minimum absolute atomic E-state index is 0.0243.